The van der Waals surface area contributed by atoms with Crippen LogP contribution >= 0.6 is 0 Å². The molecular weight excluding hydrogens is 254 g/mol. The SMILES string of the molecule is C[C@H]1CCCCN1CCNC(=O)N[C@H](CCO)C1CC1. The van der Waals surface area contributed by atoms with Crippen molar-refractivity contribution in [2.24, 2.45) is 5.92 Å². The van der Waals surface area contributed by atoms with Gasteiger partial charge in [0.25, 0.3) is 0 Å². The number of rotatable bonds is 7. The van der Waals surface area contributed by atoms with E-state index in [1.165, 1.54) is 32.1 Å². The Hall–Kier alpha value is -0.810. The molecule has 2 amide bonds. The van der Waals surface area contributed by atoms with E-state index in [0.29, 0.717) is 24.9 Å². The van der Waals surface area contributed by atoms with Gasteiger partial charge in [0.05, 0.1) is 0 Å². The fourth-order valence-corrected chi connectivity index (χ4v) is 3.09. The number of hydrogen-bond donors (Lipinski definition) is 3. The van der Waals surface area contributed by atoms with Crippen molar-refractivity contribution in [2.45, 2.75) is 57.5 Å². The third kappa shape index (κ3) is 4.94. The van der Waals surface area contributed by atoms with E-state index in [4.69, 9.17) is 5.11 Å². The highest BCUT2D eigenvalue weighted by molar-refractivity contribution is 5.74. The summed E-state index contributed by atoms with van der Waals surface area (Å²) in [7, 11) is 0. The molecule has 0 radical (unpaired) electrons. The van der Waals surface area contributed by atoms with Crippen molar-refractivity contribution in [2.75, 3.05) is 26.2 Å². The second-order valence-corrected chi connectivity index (χ2v) is 6.24. The van der Waals surface area contributed by atoms with Crippen LogP contribution in [0.25, 0.3) is 0 Å². The number of carbonyl (C=O) groups is 1. The monoisotopic (exact) mass is 283 g/mol. The Kier molecular flexibility index (Phi) is 6.10. The maximum Gasteiger partial charge on any atom is 0.315 e. The van der Waals surface area contributed by atoms with Gasteiger partial charge in [-0.25, -0.2) is 4.79 Å². The minimum atomic E-state index is -0.0833. The van der Waals surface area contributed by atoms with Gasteiger partial charge >= 0.3 is 6.03 Å². The molecule has 2 aliphatic rings. The first-order valence-electron chi connectivity index (χ1n) is 8.10. The van der Waals surface area contributed by atoms with Crippen LogP contribution in [0.5, 0.6) is 0 Å². The Morgan fingerprint density at radius 2 is 2.15 bits per heavy atom. The van der Waals surface area contributed by atoms with Crippen LogP contribution in [-0.4, -0.2) is 54.4 Å². The van der Waals surface area contributed by atoms with Gasteiger partial charge in [0.15, 0.2) is 0 Å². The molecule has 2 atom stereocenters. The Morgan fingerprint density at radius 3 is 2.80 bits per heavy atom. The average Bonchev–Trinajstić information content (AvgIpc) is 3.25. The van der Waals surface area contributed by atoms with Gasteiger partial charge in [-0.15, -0.1) is 0 Å². The Labute approximate surface area is 122 Å². The van der Waals surface area contributed by atoms with E-state index in [2.05, 4.69) is 22.5 Å². The van der Waals surface area contributed by atoms with Gasteiger partial charge in [-0.1, -0.05) is 6.42 Å². The summed E-state index contributed by atoms with van der Waals surface area (Å²) in [5.74, 6) is 0.579. The number of aliphatic hydroxyl groups excluding tert-OH is 1. The first-order chi connectivity index (χ1) is 9.70. The first kappa shape index (κ1) is 15.6. The lowest BCUT2D eigenvalue weighted by atomic mass is 10.0. The number of amides is 2. The molecule has 1 aliphatic heterocycles. The summed E-state index contributed by atoms with van der Waals surface area (Å²) in [4.78, 5) is 14.3. The molecule has 3 N–H and O–H groups in total. The molecule has 0 bridgehead atoms. The van der Waals surface area contributed by atoms with Gasteiger partial charge < -0.3 is 15.7 Å². The van der Waals surface area contributed by atoms with E-state index in [9.17, 15) is 4.79 Å². The van der Waals surface area contributed by atoms with Gasteiger partial charge in [0, 0.05) is 31.8 Å². The molecule has 0 unspecified atom stereocenters. The van der Waals surface area contributed by atoms with Crippen LogP contribution in [0.15, 0.2) is 0 Å². The van der Waals surface area contributed by atoms with E-state index in [-0.39, 0.29) is 18.7 Å². The van der Waals surface area contributed by atoms with E-state index < -0.39 is 0 Å². The molecule has 5 heteroatoms. The van der Waals surface area contributed by atoms with E-state index in [1.54, 1.807) is 0 Å². The molecule has 5 nitrogen and oxygen atoms in total. The van der Waals surface area contributed by atoms with Crippen molar-refractivity contribution in [1.29, 1.82) is 0 Å². The number of hydrogen-bond acceptors (Lipinski definition) is 3. The fourth-order valence-electron chi connectivity index (χ4n) is 3.09. The zero-order valence-electron chi connectivity index (χ0n) is 12.6. The van der Waals surface area contributed by atoms with E-state index in [0.717, 1.165) is 13.1 Å². The van der Waals surface area contributed by atoms with Crippen molar-refractivity contribution < 1.29 is 9.90 Å². The number of likely N-dealkylation sites (tertiary alicyclic amines) is 1. The molecule has 1 heterocycles. The average molecular weight is 283 g/mol. The van der Waals surface area contributed by atoms with Crippen molar-refractivity contribution in [1.82, 2.24) is 15.5 Å². The standard InChI is InChI=1S/C15H29N3O2/c1-12-4-2-3-9-18(12)10-8-16-15(20)17-14(7-11-19)13-5-6-13/h12-14,19H,2-11H2,1H3,(H2,16,17,20)/t12-,14+/m0/s1. The molecule has 2 rings (SSSR count). The van der Waals surface area contributed by atoms with Gasteiger partial charge in [0.1, 0.15) is 0 Å². The molecular formula is C15H29N3O2. The number of urea groups is 1. The molecule has 1 saturated heterocycles. The summed E-state index contributed by atoms with van der Waals surface area (Å²) in [5, 5.41) is 15.0. The summed E-state index contributed by atoms with van der Waals surface area (Å²) in [6, 6.07) is 0.705. The fraction of sp³-hybridized carbons (Fsp3) is 0.933. The number of piperidine rings is 1. The Balaban J connectivity index is 1.61. The van der Waals surface area contributed by atoms with Gasteiger partial charge in [-0.05, 0) is 51.5 Å². The first-order valence-corrected chi connectivity index (χ1v) is 8.10. The summed E-state index contributed by atoms with van der Waals surface area (Å²) >= 11 is 0. The molecule has 20 heavy (non-hydrogen) atoms. The second-order valence-electron chi connectivity index (χ2n) is 6.24. The third-order valence-electron chi connectivity index (χ3n) is 4.57. The highest BCUT2D eigenvalue weighted by Crippen LogP contribution is 2.33. The van der Waals surface area contributed by atoms with Crippen LogP contribution in [-0.2, 0) is 0 Å². The maximum atomic E-state index is 11.9. The highest BCUT2D eigenvalue weighted by atomic mass is 16.3. The molecule has 1 saturated carbocycles. The molecule has 0 aromatic carbocycles. The summed E-state index contributed by atoms with van der Waals surface area (Å²) in [6.07, 6.45) is 6.90. The minimum Gasteiger partial charge on any atom is -0.396 e. The molecule has 2 fully saturated rings. The van der Waals surface area contributed by atoms with Crippen LogP contribution in [0.2, 0.25) is 0 Å². The normalized spacial score (nSPS) is 25.2. The molecule has 0 spiro atoms. The summed E-state index contributed by atoms with van der Waals surface area (Å²) < 4.78 is 0. The second kappa shape index (κ2) is 7.84. The number of carbonyl (C=O) groups excluding carboxylic acids is 1. The Morgan fingerprint density at radius 1 is 1.35 bits per heavy atom. The van der Waals surface area contributed by atoms with Crippen molar-refractivity contribution in [3.63, 3.8) is 0 Å². The lowest BCUT2D eigenvalue weighted by Gasteiger charge is -2.33. The van der Waals surface area contributed by atoms with Gasteiger partial charge in [-0.2, -0.15) is 0 Å². The van der Waals surface area contributed by atoms with Gasteiger partial charge in [-0.3, -0.25) is 4.90 Å². The topological polar surface area (TPSA) is 64.6 Å². The van der Waals surface area contributed by atoms with E-state index >= 15 is 0 Å². The number of nitrogens with zero attached hydrogens (tertiary/aromatic N) is 1. The van der Waals surface area contributed by atoms with Gasteiger partial charge in [0.2, 0.25) is 0 Å². The summed E-state index contributed by atoms with van der Waals surface area (Å²) in [6.45, 7) is 5.20. The molecule has 0 aromatic heterocycles. The van der Waals surface area contributed by atoms with Crippen LogP contribution in [0.3, 0.4) is 0 Å². The lowest BCUT2D eigenvalue weighted by molar-refractivity contribution is 0.161. The number of nitrogens with one attached hydrogen (secondary N) is 2. The van der Waals surface area contributed by atoms with Crippen LogP contribution < -0.4 is 10.6 Å². The third-order valence-corrected chi connectivity index (χ3v) is 4.57. The van der Waals surface area contributed by atoms with Crippen molar-refractivity contribution >= 4 is 6.03 Å². The minimum absolute atomic E-state index is 0.0833. The van der Waals surface area contributed by atoms with Crippen LogP contribution in [0.1, 0.15) is 45.4 Å². The maximum absolute atomic E-state index is 11.9. The predicted octanol–water partition coefficient (Wildman–Crippen LogP) is 1.32. The molecule has 116 valence electrons. The number of aliphatic hydroxyl groups is 1. The zero-order valence-corrected chi connectivity index (χ0v) is 12.6. The lowest BCUT2D eigenvalue weighted by Crippen LogP contribution is -2.47. The molecule has 0 aromatic rings. The smallest absolute Gasteiger partial charge is 0.315 e. The zero-order chi connectivity index (χ0) is 14.4. The van der Waals surface area contributed by atoms with Crippen molar-refractivity contribution in [3.05, 3.63) is 0 Å². The van der Waals surface area contributed by atoms with Crippen LogP contribution in [0.4, 0.5) is 4.79 Å². The molecule has 1 aliphatic carbocycles. The quantitative estimate of drug-likeness (QED) is 0.660. The largest absolute Gasteiger partial charge is 0.396 e. The van der Waals surface area contributed by atoms with Crippen molar-refractivity contribution in [3.8, 4) is 0 Å². The van der Waals surface area contributed by atoms with Crippen LogP contribution in [0, 0.1) is 5.92 Å². The predicted molar refractivity (Wildman–Crippen MR) is 79.6 cm³/mol. The Bertz CT molecular complexity index is 307. The highest BCUT2D eigenvalue weighted by Gasteiger charge is 2.31. The van der Waals surface area contributed by atoms with E-state index in [1.807, 2.05) is 0 Å². The summed E-state index contributed by atoms with van der Waals surface area (Å²) in [5.41, 5.74) is 0.